The van der Waals surface area contributed by atoms with Gasteiger partial charge >= 0.3 is 5.97 Å². The van der Waals surface area contributed by atoms with Crippen molar-refractivity contribution in [2.24, 2.45) is 0 Å². The molecule has 5 heterocycles. The largest absolute Gasteiger partial charge is 0.402 e. The number of carbonyl (C=O) groups is 1. The number of nitrogens with zero attached hydrogens (tertiary/aromatic N) is 2. The highest BCUT2D eigenvalue weighted by molar-refractivity contribution is 6.31. The van der Waals surface area contributed by atoms with Crippen molar-refractivity contribution in [3.63, 3.8) is 0 Å². The lowest BCUT2D eigenvalue weighted by Gasteiger charge is -2.06. The van der Waals surface area contributed by atoms with Gasteiger partial charge in [0.1, 0.15) is 0 Å². The van der Waals surface area contributed by atoms with Crippen LogP contribution in [0.1, 0.15) is 21.9 Å². The number of ether oxygens (including phenoxy) is 1. The summed E-state index contributed by atoms with van der Waals surface area (Å²) in [5.41, 5.74) is 10.6. The van der Waals surface area contributed by atoms with Crippen molar-refractivity contribution in [3.05, 3.63) is 158 Å². The Balaban J connectivity index is 1.48. The van der Waals surface area contributed by atoms with Gasteiger partial charge in [-0.05, 0) is 107 Å². The van der Waals surface area contributed by atoms with E-state index in [-0.39, 0.29) is 11.6 Å². The van der Waals surface area contributed by atoms with E-state index < -0.39 is 5.97 Å². The van der Waals surface area contributed by atoms with Gasteiger partial charge in [0.05, 0.1) is 22.5 Å². The average molecular weight is 771 g/mol. The molecule has 2 aliphatic heterocycles. The van der Waals surface area contributed by atoms with Crippen molar-refractivity contribution in [2.45, 2.75) is 0 Å². The zero-order valence-electron chi connectivity index (χ0n) is 27.4. The van der Waals surface area contributed by atoms with Gasteiger partial charge in [0.25, 0.3) is 0 Å². The first-order valence-electron chi connectivity index (χ1n) is 16.5. The molecule has 2 N–H and O–H groups in total. The third-order valence-corrected chi connectivity index (χ3v) is 10.2. The number of benzene rings is 4. The first-order valence-corrected chi connectivity index (χ1v) is 18.0. The van der Waals surface area contributed by atoms with E-state index >= 15 is 0 Å². The van der Waals surface area contributed by atoms with Crippen molar-refractivity contribution >= 4 is 86.6 Å². The van der Waals surface area contributed by atoms with Gasteiger partial charge in [-0.25, -0.2) is 14.8 Å². The number of esters is 1. The van der Waals surface area contributed by atoms with Crippen LogP contribution in [0.5, 0.6) is 5.88 Å². The Labute approximate surface area is 323 Å². The maximum Gasteiger partial charge on any atom is 0.364 e. The molecule has 0 saturated carbocycles. The third kappa shape index (κ3) is 6.20. The van der Waals surface area contributed by atoms with Gasteiger partial charge in [0.15, 0.2) is 5.69 Å². The van der Waals surface area contributed by atoms with Crippen LogP contribution in [0, 0.1) is 0 Å². The smallest absolute Gasteiger partial charge is 0.364 e. The number of hydrogen-bond acceptors (Lipinski definition) is 4. The van der Waals surface area contributed by atoms with Gasteiger partial charge in [-0.3, -0.25) is 0 Å². The Hall–Kier alpha value is -5.63. The molecular weight excluding hydrogens is 746 g/mol. The fourth-order valence-electron chi connectivity index (χ4n) is 6.75. The average Bonchev–Trinajstić information content (AvgIpc) is 3.99. The molecule has 0 spiro atoms. The second kappa shape index (κ2) is 13.4. The highest BCUT2D eigenvalue weighted by Gasteiger charge is 2.28. The van der Waals surface area contributed by atoms with Crippen LogP contribution in [0.2, 0.25) is 20.1 Å². The van der Waals surface area contributed by atoms with Crippen molar-refractivity contribution < 1.29 is 9.53 Å². The molecule has 7 aromatic rings. The Kier molecular flexibility index (Phi) is 8.41. The number of carbonyl (C=O) groups excluding carboxylic acids is 1. The number of H-pyrrole nitrogens is 2. The molecule has 6 nitrogen and oxygen atoms in total. The minimum absolute atomic E-state index is 0.135. The Morgan fingerprint density at radius 1 is 0.415 bits per heavy atom. The quantitative estimate of drug-likeness (QED) is 0.175. The molecular formula is C43H24Cl4N4O2. The Morgan fingerprint density at radius 3 is 1.17 bits per heavy atom. The normalized spacial score (nSPS) is 12.3. The maximum absolute atomic E-state index is 14.0. The minimum Gasteiger partial charge on any atom is -0.402 e. The summed E-state index contributed by atoms with van der Waals surface area (Å²) >= 11 is 25.3. The molecule has 8 bridgehead atoms. The SMILES string of the molecule is O=C1Oc2nc1c(-c1ccc(Cl)cc1)c1ccc([nH]1)c(-c1ccc(Cl)cc1)c1nc(c(-c3ccc(Cl)cc3)c3ccc([nH]3)c2-c2ccc(Cl)cc2)C=C1. The fraction of sp³-hybridized carbons (Fsp3) is 0. The predicted octanol–water partition coefficient (Wildman–Crippen LogP) is 13.0. The number of rotatable bonds is 4. The number of aromatic nitrogens is 4. The zero-order valence-corrected chi connectivity index (χ0v) is 30.4. The summed E-state index contributed by atoms with van der Waals surface area (Å²) in [4.78, 5) is 31.4. The number of fused-ring (bicyclic) bond motifs is 8. The van der Waals surface area contributed by atoms with E-state index in [4.69, 9.17) is 61.1 Å². The van der Waals surface area contributed by atoms with E-state index in [1.165, 1.54) is 0 Å². The molecule has 0 aliphatic carbocycles. The van der Waals surface area contributed by atoms with Gasteiger partial charge in [-0.15, -0.1) is 0 Å². The lowest BCUT2D eigenvalue weighted by atomic mass is 10.0. The van der Waals surface area contributed by atoms with E-state index in [2.05, 4.69) is 9.97 Å². The summed E-state index contributed by atoms with van der Waals surface area (Å²) in [5, 5.41) is 2.36. The fourth-order valence-corrected chi connectivity index (χ4v) is 7.25. The van der Waals surface area contributed by atoms with Gasteiger partial charge < -0.3 is 14.7 Å². The zero-order chi connectivity index (χ0) is 36.2. The lowest BCUT2D eigenvalue weighted by molar-refractivity contribution is 0.0755. The molecule has 0 amide bonds. The molecule has 256 valence electrons. The molecule has 4 aromatic carbocycles. The van der Waals surface area contributed by atoms with Crippen molar-refractivity contribution in [2.75, 3.05) is 0 Å². The van der Waals surface area contributed by atoms with Gasteiger partial charge in [-0.2, -0.15) is 0 Å². The summed E-state index contributed by atoms with van der Waals surface area (Å²) in [6.45, 7) is 0. The summed E-state index contributed by atoms with van der Waals surface area (Å²) < 4.78 is 6.06. The standard InChI is InChI=1S/C43H24Cl4N4O2/c44-27-9-1-23(2-10-27)37-31-17-18-32(48-31)38(24-3-11-28(45)12-4-24)34-20-22-36(50-34)40(26-7-15-30(47)16-8-26)42-51-41(43(52)53-42)39(35-21-19-33(37)49-35)25-5-13-29(46)14-6-25/h1-22,49-50H. The first kappa shape index (κ1) is 33.2. The van der Waals surface area contributed by atoms with E-state index in [1.807, 2.05) is 109 Å². The van der Waals surface area contributed by atoms with E-state index in [9.17, 15) is 4.79 Å². The topological polar surface area (TPSA) is 83.7 Å². The summed E-state index contributed by atoms with van der Waals surface area (Å²) in [5.74, 6) is -0.456. The monoisotopic (exact) mass is 768 g/mol. The molecule has 0 fully saturated rings. The molecule has 0 saturated heterocycles. The van der Waals surface area contributed by atoms with Crippen molar-refractivity contribution in [1.82, 2.24) is 19.9 Å². The maximum atomic E-state index is 14.0. The second-order valence-corrected chi connectivity index (χ2v) is 14.2. The molecule has 10 heteroatoms. The van der Waals surface area contributed by atoms with Crippen LogP contribution >= 0.6 is 46.4 Å². The van der Waals surface area contributed by atoms with Crippen LogP contribution in [0.25, 0.3) is 78.7 Å². The van der Waals surface area contributed by atoms with Crippen molar-refractivity contribution in [1.29, 1.82) is 0 Å². The molecule has 2 aliphatic rings. The van der Waals surface area contributed by atoms with E-state index in [0.29, 0.717) is 42.3 Å². The van der Waals surface area contributed by atoms with Crippen LogP contribution in [0.4, 0.5) is 0 Å². The minimum atomic E-state index is -0.596. The molecule has 0 atom stereocenters. The van der Waals surface area contributed by atoms with E-state index in [0.717, 1.165) is 55.8 Å². The van der Waals surface area contributed by atoms with Crippen LogP contribution < -0.4 is 4.74 Å². The predicted molar refractivity (Wildman–Crippen MR) is 217 cm³/mol. The van der Waals surface area contributed by atoms with Crippen LogP contribution in [0.15, 0.2) is 121 Å². The third-order valence-electron chi connectivity index (χ3n) is 9.18. The molecule has 9 rings (SSSR count). The highest BCUT2D eigenvalue weighted by atomic mass is 35.5. The van der Waals surface area contributed by atoms with Crippen molar-refractivity contribution in [3.8, 4) is 50.4 Å². The number of hydrogen-bond donors (Lipinski definition) is 2. The second-order valence-electron chi connectivity index (χ2n) is 12.5. The first-order chi connectivity index (χ1) is 25.8. The summed E-state index contributed by atoms with van der Waals surface area (Å²) in [7, 11) is 0. The highest BCUT2D eigenvalue weighted by Crippen LogP contribution is 2.40. The number of aromatic amines is 2. The molecule has 0 unspecified atom stereocenters. The summed E-state index contributed by atoms with van der Waals surface area (Å²) in [6, 6.07) is 37.7. The van der Waals surface area contributed by atoms with Crippen LogP contribution in [-0.4, -0.2) is 25.9 Å². The van der Waals surface area contributed by atoms with Gasteiger partial charge in [0.2, 0.25) is 5.88 Å². The molecule has 53 heavy (non-hydrogen) atoms. The number of halogens is 4. The van der Waals surface area contributed by atoms with Crippen LogP contribution in [-0.2, 0) is 0 Å². The number of nitrogens with one attached hydrogen (secondary N) is 2. The summed E-state index contributed by atoms with van der Waals surface area (Å²) in [6.07, 6.45) is 4.02. The molecule has 3 aromatic heterocycles. The molecule has 0 radical (unpaired) electrons. The van der Waals surface area contributed by atoms with E-state index in [1.54, 1.807) is 24.3 Å². The van der Waals surface area contributed by atoms with Crippen LogP contribution in [0.3, 0.4) is 0 Å². The Morgan fingerprint density at radius 2 is 0.755 bits per heavy atom. The van der Waals surface area contributed by atoms with Gasteiger partial charge in [-0.1, -0.05) is 94.9 Å². The van der Waals surface area contributed by atoms with Gasteiger partial charge in [0, 0.05) is 53.3 Å². The Bertz CT molecular complexity index is 2790. The lowest BCUT2D eigenvalue weighted by Crippen LogP contribution is -2.04.